The smallest absolute Gasteiger partial charge is 0.281 e. The number of nitro groups is 1. The van der Waals surface area contributed by atoms with Gasteiger partial charge in [0.1, 0.15) is 0 Å². The largest absolute Gasteiger partial charge is 0.316 e. The molecule has 8 heteroatoms. The molecule has 0 bridgehead atoms. The number of rotatable bonds is 4. The van der Waals surface area contributed by atoms with Crippen LogP contribution in [0.15, 0.2) is 47.5 Å². The fraction of sp³-hybridized carbons (Fsp3) is 0.176. The SMILES string of the molecule is CCCn1c(=NC(=O)c2ccccc2Cl)sc2cc([N+](=O)[O-])ccc21. The van der Waals surface area contributed by atoms with E-state index in [1.54, 1.807) is 30.3 Å². The average Bonchev–Trinajstić information content (AvgIpc) is 2.92. The third kappa shape index (κ3) is 3.47. The Morgan fingerprint density at radius 2 is 2.08 bits per heavy atom. The van der Waals surface area contributed by atoms with E-state index in [4.69, 9.17) is 11.6 Å². The Balaban J connectivity index is 2.17. The molecule has 2 aromatic carbocycles. The Morgan fingerprint density at radius 3 is 2.76 bits per heavy atom. The second-order valence-electron chi connectivity index (χ2n) is 5.34. The van der Waals surface area contributed by atoms with Crippen LogP contribution in [0, 0.1) is 10.1 Å². The molecule has 0 aliphatic rings. The van der Waals surface area contributed by atoms with E-state index in [-0.39, 0.29) is 5.69 Å². The first-order valence-electron chi connectivity index (χ1n) is 7.62. The van der Waals surface area contributed by atoms with Crippen molar-refractivity contribution < 1.29 is 9.72 Å². The second-order valence-corrected chi connectivity index (χ2v) is 6.76. The maximum absolute atomic E-state index is 12.5. The zero-order chi connectivity index (χ0) is 18.0. The topological polar surface area (TPSA) is 77.5 Å². The van der Waals surface area contributed by atoms with Crippen LogP contribution in [0.5, 0.6) is 0 Å². The summed E-state index contributed by atoms with van der Waals surface area (Å²) >= 11 is 7.31. The number of thiazole rings is 1. The molecule has 25 heavy (non-hydrogen) atoms. The Bertz CT molecular complexity index is 1040. The van der Waals surface area contributed by atoms with Crippen LogP contribution in [-0.4, -0.2) is 15.4 Å². The number of carbonyl (C=O) groups excluding carboxylic acids is 1. The van der Waals surface area contributed by atoms with Crippen molar-refractivity contribution >= 4 is 44.7 Å². The first-order chi connectivity index (χ1) is 12.0. The lowest BCUT2D eigenvalue weighted by molar-refractivity contribution is -0.384. The van der Waals surface area contributed by atoms with Crippen LogP contribution in [0.25, 0.3) is 10.2 Å². The number of benzene rings is 2. The van der Waals surface area contributed by atoms with E-state index in [1.165, 1.54) is 23.5 Å². The van der Waals surface area contributed by atoms with Gasteiger partial charge in [-0.3, -0.25) is 14.9 Å². The van der Waals surface area contributed by atoms with Gasteiger partial charge in [0.05, 0.1) is 25.7 Å². The summed E-state index contributed by atoms with van der Waals surface area (Å²) in [6.45, 7) is 2.67. The molecular weight excluding hydrogens is 362 g/mol. The van der Waals surface area contributed by atoms with Gasteiger partial charge in [-0.2, -0.15) is 4.99 Å². The first kappa shape index (κ1) is 17.3. The minimum atomic E-state index is -0.435. The van der Waals surface area contributed by atoms with Gasteiger partial charge in [-0.25, -0.2) is 0 Å². The van der Waals surface area contributed by atoms with Crippen molar-refractivity contribution in [3.63, 3.8) is 0 Å². The number of aryl methyl sites for hydroxylation is 1. The van der Waals surface area contributed by atoms with Crippen LogP contribution in [0.4, 0.5) is 5.69 Å². The summed E-state index contributed by atoms with van der Waals surface area (Å²) < 4.78 is 2.62. The fourth-order valence-corrected chi connectivity index (χ4v) is 3.79. The van der Waals surface area contributed by atoms with Crippen molar-refractivity contribution in [2.75, 3.05) is 0 Å². The highest BCUT2D eigenvalue weighted by Gasteiger charge is 2.14. The van der Waals surface area contributed by atoms with E-state index < -0.39 is 10.8 Å². The molecule has 1 aromatic heterocycles. The molecular formula is C17H14ClN3O3S. The van der Waals surface area contributed by atoms with Crippen LogP contribution < -0.4 is 4.80 Å². The van der Waals surface area contributed by atoms with E-state index in [1.807, 2.05) is 11.5 Å². The molecule has 0 fully saturated rings. The van der Waals surface area contributed by atoms with Gasteiger partial charge < -0.3 is 4.57 Å². The Kier molecular flexibility index (Phi) is 4.96. The third-order valence-electron chi connectivity index (χ3n) is 3.63. The molecule has 6 nitrogen and oxygen atoms in total. The van der Waals surface area contributed by atoms with Gasteiger partial charge >= 0.3 is 0 Å². The average molecular weight is 376 g/mol. The molecule has 0 saturated heterocycles. The number of aromatic nitrogens is 1. The molecule has 1 heterocycles. The lowest BCUT2D eigenvalue weighted by Crippen LogP contribution is -2.17. The number of nitro benzene ring substituents is 1. The zero-order valence-electron chi connectivity index (χ0n) is 13.3. The number of fused-ring (bicyclic) bond motifs is 1. The van der Waals surface area contributed by atoms with Crippen molar-refractivity contribution in [2.45, 2.75) is 19.9 Å². The van der Waals surface area contributed by atoms with Gasteiger partial charge in [0.25, 0.3) is 11.6 Å². The van der Waals surface area contributed by atoms with E-state index in [9.17, 15) is 14.9 Å². The van der Waals surface area contributed by atoms with Crippen molar-refractivity contribution in [1.29, 1.82) is 0 Å². The van der Waals surface area contributed by atoms with Crippen LogP contribution in [-0.2, 0) is 6.54 Å². The maximum Gasteiger partial charge on any atom is 0.281 e. The highest BCUT2D eigenvalue weighted by Crippen LogP contribution is 2.24. The van der Waals surface area contributed by atoms with E-state index in [2.05, 4.69) is 4.99 Å². The van der Waals surface area contributed by atoms with Crippen LogP contribution >= 0.6 is 22.9 Å². The summed E-state index contributed by atoms with van der Waals surface area (Å²) in [5, 5.41) is 11.3. The van der Waals surface area contributed by atoms with Gasteiger partial charge in [-0.15, -0.1) is 0 Å². The minimum absolute atomic E-state index is 0.0152. The van der Waals surface area contributed by atoms with Crippen molar-refractivity contribution in [2.24, 2.45) is 4.99 Å². The molecule has 3 rings (SSSR count). The lowest BCUT2D eigenvalue weighted by Gasteiger charge is -2.02. The van der Waals surface area contributed by atoms with Gasteiger partial charge in [0, 0.05) is 18.7 Å². The summed E-state index contributed by atoms with van der Waals surface area (Å²) in [5.41, 5.74) is 1.17. The minimum Gasteiger partial charge on any atom is -0.316 e. The second kappa shape index (κ2) is 7.16. The molecule has 0 unspecified atom stereocenters. The van der Waals surface area contributed by atoms with Crippen molar-refractivity contribution in [3.8, 4) is 0 Å². The molecule has 0 spiro atoms. The molecule has 0 N–H and O–H groups in total. The maximum atomic E-state index is 12.5. The lowest BCUT2D eigenvalue weighted by atomic mass is 10.2. The van der Waals surface area contributed by atoms with Crippen LogP contribution in [0.3, 0.4) is 0 Å². The van der Waals surface area contributed by atoms with Crippen LogP contribution in [0.2, 0.25) is 5.02 Å². The predicted molar refractivity (Wildman–Crippen MR) is 98.1 cm³/mol. The Morgan fingerprint density at radius 1 is 1.32 bits per heavy atom. The molecule has 0 radical (unpaired) electrons. The molecule has 1 amide bonds. The van der Waals surface area contributed by atoms with E-state index in [0.717, 1.165) is 11.9 Å². The quantitative estimate of drug-likeness (QED) is 0.500. The zero-order valence-corrected chi connectivity index (χ0v) is 14.9. The van der Waals surface area contributed by atoms with Crippen molar-refractivity contribution in [3.05, 3.63) is 68.0 Å². The van der Waals surface area contributed by atoms with Gasteiger partial charge in [-0.1, -0.05) is 42.0 Å². The highest BCUT2D eigenvalue weighted by molar-refractivity contribution is 7.16. The van der Waals surface area contributed by atoms with Gasteiger partial charge in [0.15, 0.2) is 4.80 Å². The fourth-order valence-electron chi connectivity index (χ4n) is 2.48. The van der Waals surface area contributed by atoms with Crippen molar-refractivity contribution in [1.82, 2.24) is 4.57 Å². The molecule has 0 atom stereocenters. The summed E-state index contributed by atoms with van der Waals surface area (Å²) in [6, 6.07) is 11.4. The Labute approximate surface area is 152 Å². The predicted octanol–water partition coefficient (Wildman–Crippen LogP) is 4.42. The monoisotopic (exact) mass is 375 g/mol. The number of hydrogen-bond acceptors (Lipinski definition) is 4. The summed E-state index contributed by atoms with van der Waals surface area (Å²) in [6.07, 6.45) is 0.844. The van der Waals surface area contributed by atoms with E-state index in [0.29, 0.717) is 26.6 Å². The number of amides is 1. The third-order valence-corrected chi connectivity index (χ3v) is 5.00. The highest BCUT2D eigenvalue weighted by atomic mass is 35.5. The van der Waals surface area contributed by atoms with Gasteiger partial charge in [0.2, 0.25) is 0 Å². The first-order valence-corrected chi connectivity index (χ1v) is 8.82. The normalized spacial score (nSPS) is 11.8. The molecule has 0 aliphatic heterocycles. The van der Waals surface area contributed by atoms with Gasteiger partial charge in [-0.05, 0) is 24.6 Å². The Hall–Kier alpha value is -2.51. The number of hydrogen-bond donors (Lipinski definition) is 0. The summed E-state index contributed by atoms with van der Waals surface area (Å²) in [5.74, 6) is -0.434. The summed E-state index contributed by atoms with van der Waals surface area (Å²) in [7, 11) is 0. The number of nitrogens with zero attached hydrogens (tertiary/aromatic N) is 3. The molecule has 0 aliphatic carbocycles. The molecule has 0 saturated carbocycles. The molecule has 3 aromatic rings. The standard InChI is InChI=1S/C17H14ClN3O3S/c1-2-9-20-14-8-7-11(21(23)24)10-15(14)25-17(20)19-16(22)12-5-3-4-6-13(12)18/h3-8,10H,2,9H2,1H3. The summed E-state index contributed by atoms with van der Waals surface area (Å²) in [4.78, 5) is 27.7. The van der Waals surface area contributed by atoms with E-state index >= 15 is 0 Å². The van der Waals surface area contributed by atoms with Crippen LogP contribution in [0.1, 0.15) is 23.7 Å². The molecule has 128 valence electrons. The number of non-ortho nitro benzene ring substituents is 1. The number of carbonyl (C=O) groups is 1. The number of halogens is 1.